The van der Waals surface area contributed by atoms with Crippen molar-refractivity contribution in [1.82, 2.24) is 20.3 Å². The molecule has 2 rings (SSSR count). The Balaban J connectivity index is 1.75. The number of aliphatic hydroxyl groups is 1. The molecule has 0 saturated carbocycles. The highest BCUT2D eigenvalue weighted by molar-refractivity contribution is 5.22. The largest absolute Gasteiger partial charge is 0.396 e. The number of hydrogen-bond donors (Lipinski definition) is 2. The molecule has 0 fully saturated rings. The molecule has 0 amide bonds. The number of nitrogens with zero attached hydrogens (tertiary/aromatic N) is 3. The SMILES string of the molecule is CCc1ccc(CNCc2cn(CCCO)nn2)cc1. The third kappa shape index (κ3) is 4.43. The minimum Gasteiger partial charge on any atom is -0.396 e. The Hall–Kier alpha value is -1.72. The molecule has 108 valence electrons. The van der Waals surface area contributed by atoms with Crippen molar-refractivity contribution in [2.75, 3.05) is 6.61 Å². The lowest BCUT2D eigenvalue weighted by Gasteiger charge is -2.04. The van der Waals surface area contributed by atoms with Gasteiger partial charge < -0.3 is 10.4 Å². The number of benzene rings is 1. The second kappa shape index (κ2) is 7.77. The van der Waals surface area contributed by atoms with Gasteiger partial charge in [-0.3, -0.25) is 4.68 Å². The van der Waals surface area contributed by atoms with Crippen molar-refractivity contribution >= 4 is 0 Å². The number of aliphatic hydroxyl groups excluding tert-OH is 1. The van der Waals surface area contributed by atoms with Gasteiger partial charge in [0, 0.05) is 32.4 Å². The van der Waals surface area contributed by atoms with Gasteiger partial charge in [-0.25, -0.2) is 0 Å². The van der Waals surface area contributed by atoms with E-state index >= 15 is 0 Å². The fourth-order valence-corrected chi connectivity index (χ4v) is 1.99. The van der Waals surface area contributed by atoms with Gasteiger partial charge in [0.25, 0.3) is 0 Å². The lowest BCUT2D eigenvalue weighted by atomic mass is 10.1. The lowest BCUT2D eigenvalue weighted by Crippen LogP contribution is -2.13. The van der Waals surface area contributed by atoms with E-state index in [0.29, 0.717) is 19.5 Å². The molecule has 1 aromatic carbocycles. The molecule has 0 aliphatic rings. The van der Waals surface area contributed by atoms with Crippen LogP contribution in [0.4, 0.5) is 0 Å². The van der Waals surface area contributed by atoms with E-state index in [1.54, 1.807) is 4.68 Å². The van der Waals surface area contributed by atoms with Gasteiger partial charge in [-0.15, -0.1) is 5.10 Å². The molecule has 2 N–H and O–H groups in total. The Labute approximate surface area is 119 Å². The predicted molar refractivity (Wildman–Crippen MR) is 78.1 cm³/mol. The van der Waals surface area contributed by atoms with Gasteiger partial charge in [-0.1, -0.05) is 36.4 Å². The van der Waals surface area contributed by atoms with Gasteiger partial charge >= 0.3 is 0 Å². The first-order chi connectivity index (χ1) is 9.81. The summed E-state index contributed by atoms with van der Waals surface area (Å²) in [7, 11) is 0. The van der Waals surface area contributed by atoms with Crippen LogP contribution in [0.1, 0.15) is 30.2 Å². The maximum absolute atomic E-state index is 8.77. The van der Waals surface area contributed by atoms with Gasteiger partial charge in [0.1, 0.15) is 0 Å². The topological polar surface area (TPSA) is 63.0 Å². The molecule has 1 aromatic heterocycles. The van der Waals surface area contributed by atoms with E-state index in [0.717, 1.165) is 18.7 Å². The minimum atomic E-state index is 0.182. The second-order valence-corrected chi connectivity index (χ2v) is 4.82. The van der Waals surface area contributed by atoms with Crippen LogP contribution in [-0.4, -0.2) is 26.7 Å². The second-order valence-electron chi connectivity index (χ2n) is 4.82. The van der Waals surface area contributed by atoms with E-state index in [4.69, 9.17) is 5.11 Å². The van der Waals surface area contributed by atoms with E-state index in [9.17, 15) is 0 Å². The molecule has 0 saturated heterocycles. The molecule has 5 nitrogen and oxygen atoms in total. The Bertz CT molecular complexity index is 507. The predicted octanol–water partition coefficient (Wildman–Crippen LogP) is 1.51. The minimum absolute atomic E-state index is 0.182. The molecule has 0 atom stereocenters. The fraction of sp³-hybridized carbons (Fsp3) is 0.467. The normalized spacial score (nSPS) is 10.9. The zero-order valence-corrected chi connectivity index (χ0v) is 11.9. The van der Waals surface area contributed by atoms with Gasteiger partial charge in [0.2, 0.25) is 0 Å². The van der Waals surface area contributed by atoms with E-state index < -0.39 is 0 Å². The van der Waals surface area contributed by atoms with Crippen LogP contribution in [0.25, 0.3) is 0 Å². The molecule has 2 aromatic rings. The van der Waals surface area contributed by atoms with Gasteiger partial charge in [0.15, 0.2) is 0 Å². The molecule has 20 heavy (non-hydrogen) atoms. The van der Waals surface area contributed by atoms with Crippen LogP contribution in [0.3, 0.4) is 0 Å². The highest BCUT2D eigenvalue weighted by atomic mass is 16.3. The summed E-state index contributed by atoms with van der Waals surface area (Å²) in [6, 6.07) is 8.65. The van der Waals surface area contributed by atoms with Crippen molar-refractivity contribution in [1.29, 1.82) is 0 Å². The van der Waals surface area contributed by atoms with E-state index in [1.165, 1.54) is 11.1 Å². The van der Waals surface area contributed by atoms with Gasteiger partial charge in [-0.2, -0.15) is 0 Å². The molecule has 0 unspecified atom stereocenters. The van der Waals surface area contributed by atoms with Crippen molar-refractivity contribution in [3.63, 3.8) is 0 Å². The van der Waals surface area contributed by atoms with Crippen molar-refractivity contribution in [2.24, 2.45) is 0 Å². The van der Waals surface area contributed by atoms with Crippen LogP contribution in [0.2, 0.25) is 0 Å². The van der Waals surface area contributed by atoms with Crippen LogP contribution < -0.4 is 5.32 Å². The van der Waals surface area contributed by atoms with Crippen molar-refractivity contribution < 1.29 is 5.11 Å². The summed E-state index contributed by atoms with van der Waals surface area (Å²) in [6.45, 7) is 4.58. The van der Waals surface area contributed by atoms with Crippen LogP contribution in [0.5, 0.6) is 0 Å². The maximum atomic E-state index is 8.77. The van der Waals surface area contributed by atoms with E-state index in [2.05, 4.69) is 46.8 Å². The van der Waals surface area contributed by atoms with Crippen LogP contribution >= 0.6 is 0 Å². The third-order valence-corrected chi connectivity index (χ3v) is 3.20. The van der Waals surface area contributed by atoms with Gasteiger partial charge in [-0.05, 0) is 24.0 Å². The monoisotopic (exact) mass is 274 g/mol. The molecule has 1 heterocycles. The number of hydrogen-bond acceptors (Lipinski definition) is 4. The van der Waals surface area contributed by atoms with Crippen molar-refractivity contribution in [3.8, 4) is 0 Å². The molecule has 0 radical (unpaired) electrons. The first-order valence-corrected chi connectivity index (χ1v) is 7.10. The highest BCUT2D eigenvalue weighted by Gasteiger charge is 2.00. The van der Waals surface area contributed by atoms with Crippen molar-refractivity contribution in [2.45, 2.75) is 39.4 Å². The Kier molecular flexibility index (Phi) is 5.70. The fourth-order valence-electron chi connectivity index (χ4n) is 1.99. The van der Waals surface area contributed by atoms with Crippen LogP contribution in [-0.2, 0) is 26.1 Å². The zero-order valence-electron chi connectivity index (χ0n) is 11.9. The Morgan fingerprint density at radius 2 is 1.90 bits per heavy atom. The number of aryl methyl sites for hydroxylation is 2. The van der Waals surface area contributed by atoms with E-state index in [-0.39, 0.29) is 6.61 Å². The number of aromatic nitrogens is 3. The maximum Gasteiger partial charge on any atom is 0.0964 e. The molecule has 0 aliphatic heterocycles. The zero-order chi connectivity index (χ0) is 14.2. The average Bonchev–Trinajstić information content (AvgIpc) is 2.94. The Morgan fingerprint density at radius 3 is 2.60 bits per heavy atom. The van der Waals surface area contributed by atoms with Crippen molar-refractivity contribution in [3.05, 3.63) is 47.3 Å². The number of nitrogens with one attached hydrogen (secondary N) is 1. The van der Waals surface area contributed by atoms with Crippen LogP contribution in [0, 0.1) is 0 Å². The summed E-state index contributed by atoms with van der Waals surface area (Å²) in [5.41, 5.74) is 3.56. The summed E-state index contributed by atoms with van der Waals surface area (Å²) in [5.74, 6) is 0. The summed E-state index contributed by atoms with van der Waals surface area (Å²) in [4.78, 5) is 0. The molecule has 0 spiro atoms. The third-order valence-electron chi connectivity index (χ3n) is 3.20. The average molecular weight is 274 g/mol. The standard InChI is InChI=1S/C15H22N4O/c1-2-13-4-6-14(7-5-13)10-16-11-15-12-19(18-17-15)8-3-9-20/h4-7,12,16,20H,2-3,8-11H2,1H3. The number of rotatable bonds is 8. The summed E-state index contributed by atoms with van der Waals surface area (Å²) >= 11 is 0. The molecular formula is C15H22N4O. The summed E-state index contributed by atoms with van der Waals surface area (Å²) in [5, 5.41) is 20.2. The first-order valence-electron chi connectivity index (χ1n) is 7.10. The quantitative estimate of drug-likeness (QED) is 0.766. The van der Waals surface area contributed by atoms with E-state index in [1.807, 2.05) is 6.20 Å². The molecule has 5 heteroatoms. The smallest absolute Gasteiger partial charge is 0.0964 e. The van der Waals surface area contributed by atoms with Gasteiger partial charge in [0.05, 0.1) is 5.69 Å². The first kappa shape index (κ1) is 14.7. The summed E-state index contributed by atoms with van der Waals surface area (Å²) in [6.07, 6.45) is 3.70. The molecule has 0 aliphatic carbocycles. The lowest BCUT2D eigenvalue weighted by molar-refractivity contribution is 0.276. The molecule has 0 bridgehead atoms. The highest BCUT2D eigenvalue weighted by Crippen LogP contribution is 2.05. The Morgan fingerprint density at radius 1 is 1.15 bits per heavy atom. The molecular weight excluding hydrogens is 252 g/mol. The van der Waals surface area contributed by atoms with Crippen LogP contribution in [0.15, 0.2) is 30.5 Å². The summed E-state index contributed by atoms with van der Waals surface area (Å²) < 4.78 is 1.77.